The highest BCUT2D eigenvalue weighted by molar-refractivity contribution is 5.81. The molecule has 0 atom stereocenters. The smallest absolute Gasteiger partial charge is 0.221 e. The summed E-state index contributed by atoms with van der Waals surface area (Å²) >= 11 is 0. The summed E-state index contributed by atoms with van der Waals surface area (Å²) in [6.07, 6.45) is 0.570. The van der Waals surface area contributed by atoms with Gasteiger partial charge in [-0.2, -0.15) is 0 Å². The molecule has 25 heavy (non-hydrogen) atoms. The van der Waals surface area contributed by atoms with E-state index in [4.69, 9.17) is 0 Å². The highest BCUT2D eigenvalue weighted by Gasteiger charge is 2.06. The first kappa shape index (κ1) is 22.4. The third kappa shape index (κ3) is 14.7. The predicted octanol–water partition coefficient (Wildman–Crippen LogP) is -2.22. The lowest BCUT2D eigenvalue weighted by Gasteiger charge is -2.07. The highest BCUT2D eigenvalue weighted by Crippen LogP contribution is 1.84. The van der Waals surface area contributed by atoms with Gasteiger partial charge in [0.2, 0.25) is 29.5 Å². The van der Waals surface area contributed by atoms with Crippen LogP contribution in [0.15, 0.2) is 0 Å². The Morgan fingerprint density at radius 3 is 1.20 bits per heavy atom. The van der Waals surface area contributed by atoms with Crippen LogP contribution in [0.3, 0.4) is 0 Å². The Labute approximate surface area is 146 Å². The summed E-state index contributed by atoms with van der Waals surface area (Å²) in [5.74, 6) is -1.15. The minimum atomic E-state index is -0.277. The molecule has 0 heterocycles. The summed E-state index contributed by atoms with van der Waals surface area (Å²) < 4.78 is 0. The van der Waals surface area contributed by atoms with E-state index >= 15 is 0 Å². The number of hydrogen-bond acceptors (Lipinski definition) is 5. The van der Waals surface area contributed by atoms with E-state index in [-0.39, 0.29) is 81.4 Å². The summed E-state index contributed by atoms with van der Waals surface area (Å²) in [6, 6.07) is 0. The van der Waals surface area contributed by atoms with Gasteiger partial charge < -0.3 is 26.6 Å². The standard InChI is InChI=1S/C15H27N5O5/c1-11(21)17-7-4-13(23)19-9-6-15(25)20-10-5-14(24)18-8-3-12(22)16-2/h3-10H2,1-2H3,(H,16,22)(H,17,21)(H,18,24)(H,19,23)(H,20,25). The first-order valence-electron chi connectivity index (χ1n) is 8.10. The maximum atomic E-state index is 11.5. The van der Waals surface area contributed by atoms with Crippen LogP contribution in [0, 0.1) is 0 Å². The highest BCUT2D eigenvalue weighted by atomic mass is 16.2. The molecule has 0 saturated carbocycles. The molecule has 0 aliphatic rings. The maximum Gasteiger partial charge on any atom is 0.221 e. The molecule has 0 aromatic rings. The fourth-order valence-corrected chi connectivity index (χ4v) is 1.69. The van der Waals surface area contributed by atoms with Gasteiger partial charge in [0.15, 0.2) is 0 Å². The van der Waals surface area contributed by atoms with Crippen molar-refractivity contribution in [2.75, 3.05) is 33.2 Å². The third-order valence-electron chi connectivity index (χ3n) is 3.03. The average Bonchev–Trinajstić information content (AvgIpc) is 2.54. The maximum absolute atomic E-state index is 11.5. The minimum Gasteiger partial charge on any atom is -0.359 e. The number of rotatable bonds is 12. The summed E-state index contributed by atoms with van der Waals surface area (Å²) in [6.45, 7) is 2.23. The second-order valence-electron chi connectivity index (χ2n) is 5.21. The number of hydrogen-bond donors (Lipinski definition) is 5. The summed E-state index contributed by atoms with van der Waals surface area (Å²) in [5.41, 5.74) is 0. The fraction of sp³-hybridized carbons (Fsp3) is 0.667. The van der Waals surface area contributed by atoms with Gasteiger partial charge in [-0.25, -0.2) is 0 Å². The topological polar surface area (TPSA) is 146 Å². The molecule has 0 fully saturated rings. The summed E-state index contributed by atoms with van der Waals surface area (Å²) in [7, 11) is 1.52. The second-order valence-corrected chi connectivity index (χ2v) is 5.21. The zero-order valence-electron chi connectivity index (χ0n) is 14.7. The number of nitrogens with one attached hydrogen (secondary N) is 5. The predicted molar refractivity (Wildman–Crippen MR) is 90.2 cm³/mol. The Morgan fingerprint density at radius 1 is 0.560 bits per heavy atom. The van der Waals surface area contributed by atoms with Crippen molar-refractivity contribution in [2.45, 2.75) is 32.6 Å². The molecule has 5 amide bonds. The van der Waals surface area contributed by atoms with Crippen LogP contribution in [0.5, 0.6) is 0 Å². The Hall–Kier alpha value is -2.65. The van der Waals surface area contributed by atoms with Crippen LogP contribution >= 0.6 is 0 Å². The fourth-order valence-electron chi connectivity index (χ4n) is 1.69. The van der Waals surface area contributed by atoms with Crippen molar-refractivity contribution < 1.29 is 24.0 Å². The molecule has 5 N–H and O–H groups in total. The Morgan fingerprint density at radius 2 is 0.880 bits per heavy atom. The van der Waals surface area contributed by atoms with E-state index in [1.165, 1.54) is 14.0 Å². The minimum absolute atomic E-state index is 0.101. The molecular formula is C15H27N5O5. The quantitative estimate of drug-likeness (QED) is 0.268. The van der Waals surface area contributed by atoms with Gasteiger partial charge in [0, 0.05) is 65.8 Å². The van der Waals surface area contributed by atoms with Gasteiger partial charge >= 0.3 is 0 Å². The molecule has 0 aromatic heterocycles. The lowest BCUT2D eigenvalue weighted by Crippen LogP contribution is -2.35. The van der Waals surface area contributed by atoms with E-state index < -0.39 is 0 Å². The summed E-state index contributed by atoms with van der Waals surface area (Å²) in [5, 5.41) is 12.6. The molecule has 0 aromatic carbocycles. The van der Waals surface area contributed by atoms with Crippen LogP contribution in [0.2, 0.25) is 0 Å². The monoisotopic (exact) mass is 357 g/mol. The van der Waals surface area contributed by atoms with Crippen LogP contribution in [-0.4, -0.2) is 62.8 Å². The number of carbonyl (C=O) groups is 5. The largest absolute Gasteiger partial charge is 0.359 e. The molecule has 0 radical (unpaired) electrons. The van der Waals surface area contributed by atoms with Crippen LogP contribution in [-0.2, 0) is 24.0 Å². The Kier molecular flexibility index (Phi) is 12.3. The molecule has 10 nitrogen and oxygen atoms in total. The molecule has 0 rings (SSSR count). The molecule has 0 aliphatic carbocycles. The first-order valence-corrected chi connectivity index (χ1v) is 8.10. The molecular weight excluding hydrogens is 330 g/mol. The van der Waals surface area contributed by atoms with Crippen molar-refractivity contribution in [3.05, 3.63) is 0 Å². The average molecular weight is 357 g/mol. The first-order chi connectivity index (χ1) is 11.8. The van der Waals surface area contributed by atoms with Crippen molar-refractivity contribution in [1.82, 2.24) is 26.6 Å². The normalized spacial score (nSPS) is 9.68. The van der Waals surface area contributed by atoms with Gasteiger partial charge in [-0.15, -0.1) is 0 Å². The Bertz CT molecular complexity index is 481. The van der Waals surface area contributed by atoms with Crippen molar-refractivity contribution in [3.63, 3.8) is 0 Å². The van der Waals surface area contributed by atoms with E-state index in [2.05, 4.69) is 26.6 Å². The SMILES string of the molecule is CNC(=O)CCNC(=O)CCNC(=O)CCNC(=O)CCNC(C)=O. The van der Waals surface area contributed by atoms with Crippen molar-refractivity contribution in [2.24, 2.45) is 0 Å². The molecule has 0 saturated heterocycles. The second kappa shape index (κ2) is 13.8. The Balaban J connectivity index is 3.60. The zero-order chi connectivity index (χ0) is 19.1. The van der Waals surface area contributed by atoms with E-state index in [1.807, 2.05) is 0 Å². The number of amides is 5. The molecule has 0 aliphatic heterocycles. The van der Waals surface area contributed by atoms with Crippen LogP contribution in [0.25, 0.3) is 0 Å². The zero-order valence-corrected chi connectivity index (χ0v) is 14.7. The number of carbonyl (C=O) groups excluding carboxylic acids is 5. The molecule has 0 bridgehead atoms. The molecule has 0 spiro atoms. The van der Waals surface area contributed by atoms with Gasteiger partial charge in [0.1, 0.15) is 0 Å². The van der Waals surface area contributed by atoms with Gasteiger partial charge in [0.05, 0.1) is 0 Å². The lowest BCUT2D eigenvalue weighted by atomic mass is 10.3. The third-order valence-corrected chi connectivity index (χ3v) is 3.03. The van der Waals surface area contributed by atoms with Gasteiger partial charge in [-0.3, -0.25) is 24.0 Å². The van der Waals surface area contributed by atoms with Gasteiger partial charge in [-0.1, -0.05) is 0 Å². The van der Waals surface area contributed by atoms with E-state index in [1.54, 1.807) is 0 Å². The van der Waals surface area contributed by atoms with Gasteiger partial charge in [-0.05, 0) is 0 Å². The van der Waals surface area contributed by atoms with Crippen LogP contribution in [0.1, 0.15) is 32.6 Å². The van der Waals surface area contributed by atoms with Gasteiger partial charge in [0.25, 0.3) is 0 Å². The van der Waals surface area contributed by atoms with E-state index in [0.29, 0.717) is 0 Å². The van der Waals surface area contributed by atoms with Crippen molar-refractivity contribution in [1.29, 1.82) is 0 Å². The summed E-state index contributed by atoms with van der Waals surface area (Å²) in [4.78, 5) is 56.0. The van der Waals surface area contributed by atoms with Crippen molar-refractivity contribution in [3.8, 4) is 0 Å². The van der Waals surface area contributed by atoms with E-state index in [9.17, 15) is 24.0 Å². The van der Waals surface area contributed by atoms with E-state index in [0.717, 1.165) is 0 Å². The molecule has 0 unspecified atom stereocenters. The van der Waals surface area contributed by atoms with Crippen LogP contribution < -0.4 is 26.6 Å². The van der Waals surface area contributed by atoms with Crippen molar-refractivity contribution >= 4 is 29.5 Å². The molecule has 142 valence electrons. The van der Waals surface area contributed by atoms with Crippen LogP contribution in [0.4, 0.5) is 0 Å². The molecule has 10 heteroatoms. The lowest BCUT2D eigenvalue weighted by molar-refractivity contribution is -0.123.